The van der Waals surface area contributed by atoms with Gasteiger partial charge >= 0.3 is 5.69 Å². The number of para-hydroxylation sites is 1. The number of hydrogen-bond donors (Lipinski definition) is 1. The minimum absolute atomic E-state index is 0.0510. The molecular formula is C24H19Cl2N3O3. The van der Waals surface area contributed by atoms with E-state index in [9.17, 15) is 14.4 Å². The van der Waals surface area contributed by atoms with Gasteiger partial charge in [-0.25, -0.2) is 4.79 Å². The van der Waals surface area contributed by atoms with Gasteiger partial charge in [-0.15, -0.1) is 0 Å². The molecule has 0 fully saturated rings. The molecule has 8 heteroatoms. The molecule has 1 N–H and O–H groups in total. The van der Waals surface area contributed by atoms with Gasteiger partial charge in [-0.2, -0.15) is 0 Å². The van der Waals surface area contributed by atoms with Crippen LogP contribution in [-0.2, 0) is 24.4 Å². The summed E-state index contributed by atoms with van der Waals surface area (Å²) in [6.45, 7) is 0.128. The van der Waals surface area contributed by atoms with Gasteiger partial charge in [0.05, 0.1) is 17.4 Å². The van der Waals surface area contributed by atoms with Crippen molar-refractivity contribution in [2.45, 2.75) is 19.6 Å². The van der Waals surface area contributed by atoms with E-state index in [2.05, 4.69) is 5.32 Å². The summed E-state index contributed by atoms with van der Waals surface area (Å²) < 4.78 is 2.44. The second-order valence-electron chi connectivity index (χ2n) is 7.31. The first kappa shape index (κ1) is 21.9. The second kappa shape index (κ2) is 9.42. The molecule has 0 aliphatic heterocycles. The topological polar surface area (TPSA) is 73.1 Å². The van der Waals surface area contributed by atoms with Gasteiger partial charge < -0.3 is 5.32 Å². The standard InChI is InChI=1S/C24H19Cl2N3O3/c25-18-10-8-16(9-11-18)13-27-22(30)15-28-21-7-2-1-6-20(21)23(31)29(24(28)32)14-17-4-3-5-19(26)12-17/h1-12H,13-15H2,(H,27,30). The minimum atomic E-state index is -0.560. The average molecular weight is 468 g/mol. The van der Waals surface area contributed by atoms with E-state index < -0.39 is 11.2 Å². The smallest absolute Gasteiger partial charge is 0.332 e. The Kier molecular flexibility index (Phi) is 6.44. The Morgan fingerprint density at radius 1 is 0.812 bits per heavy atom. The molecule has 0 aliphatic carbocycles. The number of fused-ring (bicyclic) bond motifs is 1. The highest BCUT2D eigenvalue weighted by Crippen LogP contribution is 2.13. The number of rotatable bonds is 6. The van der Waals surface area contributed by atoms with Crippen LogP contribution in [0, 0.1) is 0 Å². The lowest BCUT2D eigenvalue weighted by atomic mass is 10.2. The van der Waals surface area contributed by atoms with E-state index in [0.29, 0.717) is 33.1 Å². The number of nitrogens with zero attached hydrogens (tertiary/aromatic N) is 2. The van der Waals surface area contributed by atoms with Crippen LogP contribution < -0.4 is 16.6 Å². The van der Waals surface area contributed by atoms with E-state index in [1.165, 1.54) is 4.57 Å². The molecule has 162 valence electrons. The molecule has 0 saturated heterocycles. The molecule has 1 aromatic heterocycles. The van der Waals surface area contributed by atoms with E-state index in [1.54, 1.807) is 60.7 Å². The zero-order valence-corrected chi connectivity index (χ0v) is 18.4. The van der Waals surface area contributed by atoms with Crippen LogP contribution in [0.2, 0.25) is 10.0 Å². The maximum atomic E-state index is 13.2. The third-order valence-electron chi connectivity index (χ3n) is 5.07. The molecule has 32 heavy (non-hydrogen) atoms. The lowest BCUT2D eigenvalue weighted by molar-refractivity contribution is -0.121. The molecule has 1 amide bonds. The van der Waals surface area contributed by atoms with Crippen LogP contribution in [0.1, 0.15) is 11.1 Å². The third-order valence-corrected chi connectivity index (χ3v) is 5.55. The Labute approximate surface area is 193 Å². The fraction of sp³-hybridized carbons (Fsp3) is 0.125. The maximum Gasteiger partial charge on any atom is 0.332 e. The molecule has 6 nitrogen and oxygen atoms in total. The van der Waals surface area contributed by atoms with Crippen molar-refractivity contribution in [3.63, 3.8) is 0 Å². The molecule has 4 aromatic rings. The average Bonchev–Trinajstić information content (AvgIpc) is 2.79. The minimum Gasteiger partial charge on any atom is -0.350 e. The molecule has 4 rings (SSSR count). The fourth-order valence-electron chi connectivity index (χ4n) is 3.48. The van der Waals surface area contributed by atoms with E-state index in [4.69, 9.17) is 23.2 Å². The van der Waals surface area contributed by atoms with Crippen LogP contribution in [0.15, 0.2) is 82.4 Å². The molecule has 0 aliphatic rings. The quantitative estimate of drug-likeness (QED) is 0.468. The van der Waals surface area contributed by atoms with Crippen molar-refractivity contribution >= 4 is 40.0 Å². The highest BCUT2D eigenvalue weighted by molar-refractivity contribution is 6.30. The summed E-state index contributed by atoms with van der Waals surface area (Å²) in [7, 11) is 0. The Morgan fingerprint density at radius 2 is 1.56 bits per heavy atom. The van der Waals surface area contributed by atoms with Crippen molar-refractivity contribution in [2.75, 3.05) is 0 Å². The van der Waals surface area contributed by atoms with Crippen molar-refractivity contribution in [3.8, 4) is 0 Å². The molecule has 0 unspecified atom stereocenters. The molecule has 3 aromatic carbocycles. The first-order valence-corrected chi connectivity index (χ1v) is 10.7. The zero-order chi connectivity index (χ0) is 22.7. The van der Waals surface area contributed by atoms with Gasteiger partial charge in [-0.05, 0) is 47.5 Å². The highest BCUT2D eigenvalue weighted by Gasteiger charge is 2.15. The molecule has 0 atom stereocenters. The Balaban J connectivity index is 1.67. The van der Waals surface area contributed by atoms with Gasteiger partial charge in [0.25, 0.3) is 5.56 Å². The summed E-state index contributed by atoms with van der Waals surface area (Å²) in [6, 6.07) is 20.8. The predicted octanol–water partition coefficient (Wildman–Crippen LogP) is 3.83. The summed E-state index contributed by atoms with van der Waals surface area (Å²) in [5.41, 5.74) is 1.03. The summed E-state index contributed by atoms with van der Waals surface area (Å²) >= 11 is 11.9. The van der Waals surface area contributed by atoms with E-state index >= 15 is 0 Å². The van der Waals surface area contributed by atoms with Gasteiger partial charge in [0.2, 0.25) is 5.91 Å². The van der Waals surface area contributed by atoms with Crippen molar-refractivity contribution in [1.29, 1.82) is 0 Å². The Hall–Kier alpha value is -3.35. The number of nitrogens with one attached hydrogen (secondary N) is 1. The first-order chi connectivity index (χ1) is 15.4. The van der Waals surface area contributed by atoms with Crippen LogP contribution in [0.25, 0.3) is 10.9 Å². The number of benzene rings is 3. The van der Waals surface area contributed by atoms with Crippen LogP contribution in [-0.4, -0.2) is 15.0 Å². The number of carbonyl (C=O) groups excluding carboxylic acids is 1. The van der Waals surface area contributed by atoms with Crippen molar-refractivity contribution in [2.24, 2.45) is 0 Å². The predicted molar refractivity (Wildman–Crippen MR) is 126 cm³/mol. The second-order valence-corrected chi connectivity index (χ2v) is 8.18. The zero-order valence-electron chi connectivity index (χ0n) is 16.9. The molecule has 1 heterocycles. The monoisotopic (exact) mass is 467 g/mol. The molecule has 0 spiro atoms. The number of aromatic nitrogens is 2. The van der Waals surface area contributed by atoms with Gasteiger partial charge in [0.1, 0.15) is 6.54 Å². The van der Waals surface area contributed by atoms with Crippen molar-refractivity contribution < 1.29 is 4.79 Å². The molecule has 0 saturated carbocycles. The SMILES string of the molecule is O=C(Cn1c(=O)n(Cc2cccc(Cl)c2)c(=O)c2ccccc21)NCc1ccc(Cl)cc1. The van der Waals surface area contributed by atoms with E-state index in [-0.39, 0.29) is 19.0 Å². The largest absolute Gasteiger partial charge is 0.350 e. The van der Waals surface area contributed by atoms with Crippen LogP contribution in [0.3, 0.4) is 0 Å². The Morgan fingerprint density at radius 3 is 2.31 bits per heavy atom. The van der Waals surface area contributed by atoms with Crippen molar-refractivity contribution in [1.82, 2.24) is 14.5 Å². The number of halogens is 2. The lowest BCUT2D eigenvalue weighted by Crippen LogP contribution is -2.42. The van der Waals surface area contributed by atoms with Gasteiger partial charge in [-0.3, -0.25) is 18.7 Å². The fourth-order valence-corrected chi connectivity index (χ4v) is 3.82. The van der Waals surface area contributed by atoms with Crippen LogP contribution in [0.4, 0.5) is 0 Å². The lowest BCUT2D eigenvalue weighted by Gasteiger charge is -2.14. The third kappa shape index (κ3) is 4.77. The molecule has 0 bridgehead atoms. The Bertz CT molecular complexity index is 1410. The molecule has 0 radical (unpaired) electrons. The number of amides is 1. The highest BCUT2D eigenvalue weighted by atomic mass is 35.5. The molecular weight excluding hydrogens is 449 g/mol. The number of carbonyl (C=O) groups is 1. The summed E-state index contributed by atoms with van der Waals surface area (Å²) in [6.07, 6.45) is 0. The van der Waals surface area contributed by atoms with Gasteiger partial charge in [0.15, 0.2) is 0 Å². The van der Waals surface area contributed by atoms with E-state index in [1.807, 2.05) is 12.1 Å². The van der Waals surface area contributed by atoms with Crippen LogP contribution in [0.5, 0.6) is 0 Å². The maximum absolute atomic E-state index is 13.2. The van der Waals surface area contributed by atoms with E-state index in [0.717, 1.165) is 10.1 Å². The van der Waals surface area contributed by atoms with Crippen LogP contribution >= 0.6 is 23.2 Å². The van der Waals surface area contributed by atoms with Gasteiger partial charge in [-0.1, -0.05) is 59.6 Å². The van der Waals surface area contributed by atoms with Gasteiger partial charge in [0, 0.05) is 16.6 Å². The normalized spacial score (nSPS) is 10.9. The summed E-state index contributed by atoms with van der Waals surface area (Å²) in [5, 5.41) is 4.29. The first-order valence-electron chi connectivity index (χ1n) is 9.90. The summed E-state index contributed by atoms with van der Waals surface area (Å²) in [5.74, 6) is -0.347. The van der Waals surface area contributed by atoms with Crippen molar-refractivity contribution in [3.05, 3.63) is 115 Å². The number of hydrogen-bond acceptors (Lipinski definition) is 3. The summed E-state index contributed by atoms with van der Waals surface area (Å²) in [4.78, 5) is 38.9.